The summed E-state index contributed by atoms with van der Waals surface area (Å²) in [4.78, 5) is 14.0. The van der Waals surface area contributed by atoms with Crippen LogP contribution in [0.5, 0.6) is 0 Å². The third-order valence-electron chi connectivity index (χ3n) is 1.33. The van der Waals surface area contributed by atoms with Gasteiger partial charge in [-0.2, -0.15) is 0 Å². The van der Waals surface area contributed by atoms with E-state index in [2.05, 4.69) is 20.9 Å². The van der Waals surface area contributed by atoms with E-state index in [0.717, 1.165) is 11.8 Å². The van der Waals surface area contributed by atoms with Gasteiger partial charge in [-0.1, -0.05) is 0 Å². The van der Waals surface area contributed by atoms with Crippen molar-refractivity contribution in [1.29, 1.82) is 0 Å². The lowest BCUT2D eigenvalue weighted by Crippen LogP contribution is -1.97. The molecule has 0 fully saturated rings. The first-order valence-corrected chi connectivity index (χ1v) is 5.53. The van der Waals surface area contributed by atoms with Crippen LogP contribution in [-0.4, -0.2) is 21.8 Å². The number of thioether (sulfide) groups is 1. The second-order valence-corrected chi connectivity index (χ2v) is 4.43. The number of nitrogens with zero attached hydrogens (tertiary/aromatic N) is 1. The summed E-state index contributed by atoms with van der Waals surface area (Å²) in [6, 6.07) is 1.30. The van der Waals surface area contributed by atoms with Gasteiger partial charge in [0.2, 0.25) is 0 Å². The van der Waals surface area contributed by atoms with Crippen molar-refractivity contribution < 1.29 is 14.3 Å². The predicted molar refractivity (Wildman–Crippen MR) is 54.9 cm³/mol. The molecular weight excluding hydrogens is 273 g/mol. The minimum absolute atomic E-state index is 0.00184. The molecule has 6 heteroatoms. The normalized spacial score (nSPS) is 10.1. The summed E-state index contributed by atoms with van der Waals surface area (Å²) >= 11 is 4.18. The smallest absolute Gasteiger partial charge is 0.304 e. The molecule has 1 aromatic rings. The molecule has 0 aromatic carbocycles. The van der Waals surface area contributed by atoms with Crippen LogP contribution in [0.4, 0.5) is 4.39 Å². The molecule has 0 bridgehead atoms. The molecule has 1 heterocycles. The van der Waals surface area contributed by atoms with Gasteiger partial charge in [0.1, 0.15) is 5.03 Å². The number of aliphatic carboxylic acids is 1. The Morgan fingerprint density at radius 3 is 3.00 bits per heavy atom. The second kappa shape index (κ2) is 5.31. The number of aromatic nitrogens is 1. The highest BCUT2D eigenvalue weighted by Crippen LogP contribution is 2.22. The molecule has 1 aromatic heterocycles. The van der Waals surface area contributed by atoms with Crippen molar-refractivity contribution >= 4 is 33.7 Å². The number of hydrogen-bond acceptors (Lipinski definition) is 3. The van der Waals surface area contributed by atoms with Crippen molar-refractivity contribution in [2.24, 2.45) is 0 Å². The number of rotatable bonds is 4. The monoisotopic (exact) mass is 279 g/mol. The minimum Gasteiger partial charge on any atom is -0.481 e. The van der Waals surface area contributed by atoms with E-state index in [-0.39, 0.29) is 11.4 Å². The molecule has 0 aliphatic rings. The Morgan fingerprint density at radius 1 is 1.71 bits per heavy atom. The van der Waals surface area contributed by atoms with E-state index in [9.17, 15) is 9.18 Å². The van der Waals surface area contributed by atoms with Gasteiger partial charge in [0.05, 0.1) is 6.42 Å². The summed E-state index contributed by atoms with van der Waals surface area (Å²) in [5.74, 6) is -1.01. The summed E-state index contributed by atoms with van der Waals surface area (Å²) in [5.41, 5.74) is 0. The number of carboxylic acid groups (broad SMARTS) is 1. The fourth-order valence-corrected chi connectivity index (χ4v) is 1.84. The van der Waals surface area contributed by atoms with Crippen molar-refractivity contribution in [3.63, 3.8) is 0 Å². The van der Waals surface area contributed by atoms with Crippen LogP contribution in [0.15, 0.2) is 21.8 Å². The van der Waals surface area contributed by atoms with Gasteiger partial charge in [0, 0.05) is 16.4 Å². The van der Waals surface area contributed by atoms with Gasteiger partial charge in [-0.25, -0.2) is 9.37 Å². The molecule has 0 atom stereocenters. The zero-order valence-corrected chi connectivity index (χ0v) is 9.44. The summed E-state index contributed by atoms with van der Waals surface area (Å²) in [6.07, 6.45) is 1.48. The van der Waals surface area contributed by atoms with Crippen LogP contribution in [0, 0.1) is 5.82 Å². The summed E-state index contributed by atoms with van der Waals surface area (Å²) in [5, 5.41) is 8.60. The Balaban J connectivity index is 2.55. The van der Waals surface area contributed by atoms with Crippen molar-refractivity contribution in [3.05, 3.63) is 22.6 Å². The average Bonchev–Trinajstić information content (AvgIpc) is 2.08. The molecule has 76 valence electrons. The molecule has 0 aliphatic carbocycles. The number of carbonyl (C=O) groups is 1. The number of carboxylic acids is 1. The largest absolute Gasteiger partial charge is 0.481 e. The Morgan fingerprint density at radius 2 is 2.43 bits per heavy atom. The molecule has 0 saturated heterocycles. The molecule has 0 radical (unpaired) electrons. The average molecular weight is 280 g/mol. The van der Waals surface area contributed by atoms with Gasteiger partial charge >= 0.3 is 5.97 Å². The molecule has 0 aliphatic heterocycles. The first-order chi connectivity index (χ1) is 6.59. The van der Waals surface area contributed by atoms with E-state index in [0.29, 0.717) is 10.2 Å². The standard InChI is InChI=1S/C8H7BrFNO2S/c9-5-3-6(10)8(11-4-5)14-2-1-7(12)13/h3-4H,1-2H2,(H,12,13). The molecule has 14 heavy (non-hydrogen) atoms. The van der Waals surface area contributed by atoms with E-state index >= 15 is 0 Å². The summed E-state index contributed by atoms with van der Waals surface area (Å²) in [6.45, 7) is 0. The van der Waals surface area contributed by atoms with E-state index in [1.54, 1.807) is 0 Å². The second-order valence-electron chi connectivity index (χ2n) is 2.43. The molecule has 0 amide bonds. The maximum absolute atomic E-state index is 13.1. The quantitative estimate of drug-likeness (QED) is 0.861. The predicted octanol–water partition coefficient (Wildman–Crippen LogP) is 2.55. The highest BCUT2D eigenvalue weighted by molar-refractivity contribution is 9.10. The highest BCUT2D eigenvalue weighted by Gasteiger charge is 2.06. The first kappa shape index (κ1) is 11.5. The Bertz CT molecular complexity index is 348. The number of hydrogen-bond donors (Lipinski definition) is 1. The molecule has 1 rings (SSSR count). The highest BCUT2D eigenvalue weighted by atomic mass is 79.9. The molecule has 0 saturated carbocycles. The van der Waals surface area contributed by atoms with Crippen molar-refractivity contribution in [3.8, 4) is 0 Å². The zero-order valence-electron chi connectivity index (χ0n) is 7.04. The third-order valence-corrected chi connectivity index (χ3v) is 2.74. The number of pyridine rings is 1. The van der Waals surface area contributed by atoms with Gasteiger partial charge in [0.15, 0.2) is 5.82 Å². The van der Waals surface area contributed by atoms with Crippen LogP contribution in [0.25, 0.3) is 0 Å². The number of halogens is 2. The van der Waals surface area contributed by atoms with Gasteiger partial charge in [0.25, 0.3) is 0 Å². The lowest BCUT2D eigenvalue weighted by atomic mass is 10.5. The molecule has 1 N–H and O–H groups in total. The van der Waals surface area contributed by atoms with Gasteiger partial charge in [-0.3, -0.25) is 4.79 Å². The van der Waals surface area contributed by atoms with Crippen molar-refractivity contribution in [1.82, 2.24) is 4.98 Å². The van der Waals surface area contributed by atoms with Crippen LogP contribution in [0.1, 0.15) is 6.42 Å². The molecule has 3 nitrogen and oxygen atoms in total. The molecular formula is C8H7BrFNO2S. The Kier molecular flexibility index (Phi) is 4.34. The third kappa shape index (κ3) is 3.63. The van der Waals surface area contributed by atoms with Crippen LogP contribution >= 0.6 is 27.7 Å². The SMILES string of the molecule is O=C(O)CCSc1ncc(Br)cc1F. The van der Waals surface area contributed by atoms with E-state index < -0.39 is 11.8 Å². The fourth-order valence-electron chi connectivity index (χ4n) is 0.743. The topological polar surface area (TPSA) is 50.2 Å². The Labute approximate surface area is 92.9 Å². The minimum atomic E-state index is -0.894. The van der Waals surface area contributed by atoms with Crippen LogP contribution in [0.3, 0.4) is 0 Å². The van der Waals surface area contributed by atoms with Crippen LogP contribution in [0.2, 0.25) is 0 Å². The lowest BCUT2D eigenvalue weighted by molar-refractivity contribution is -0.136. The van der Waals surface area contributed by atoms with E-state index in [1.165, 1.54) is 12.3 Å². The van der Waals surface area contributed by atoms with Gasteiger partial charge in [-0.05, 0) is 22.0 Å². The lowest BCUT2D eigenvalue weighted by Gasteiger charge is -2.00. The maximum Gasteiger partial charge on any atom is 0.304 e. The maximum atomic E-state index is 13.1. The van der Waals surface area contributed by atoms with Crippen LogP contribution in [-0.2, 0) is 4.79 Å². The first-order valence-electron chi connectivity index (χ1n) is 3.75. The molecule has 0 spiro atoms. The van der Waals surface area contributed by atoms with E-state index in [1.807, 2.05) is 0 Å². The van der Waals surface area contributed by atoms with Crippen molar-refractivity contribution in [2.75, 3.05) is 5.75 Å². The zero-order chi connectivity index (χ0) is 10.6. The van der Waals surface area contributed by atoms with E-state index in [4.69, 9.17) is 5.11 Å². The van der Waals surface area contributed by atoms with Crippen LogP contribution < -0.4 is 0 Å². The Hall–Kier alpha value is -0.620. The van der Waals surface area contributed by atoms with Gasteiger partial charge < -0.3 is 5.11 Å². The van der Waals surface area contributed by atoms with Gasteiger partial charge in [-0.15, -0.1) is 11.8 Å². The fraction of sp³-hybridized carbons (Fsp3) is 0.250. The molecule has 0 unspecified atom stereocenters. The van der Waals surface area contributed by atoms with Crippen molar-refractivity contribution in [2.45, 2.75) is 11.4 Å². The summed E-state index contributed by atoms with van der Waals surface area (Å²) in [7, 11) is 0. The summed E-state index contributed by atoms with van der Waals surface area (Å²) < 4.78 is 13.7.